The minimum atomic E-state index is -0.0895. The Morgan fingerprint density at radius 1 is 1.19 bits per heavy atom. The summed E-state index contributed by atoms with van der Waals surface area (Å²) in [6.07, 6.45) is 0.973. The molecule has 0 spiro atoms. The van der Waals surface area contributed by atoms with Gasteiger partial charge in [0, 0.05) is 5.56 Å². The third-order valence-corrected chi connectivity index (χ3v) is 2.85. The number of ketones is 1. The van der Waals surface area contributed by atoms with Crippen LogP contribution in [0.1, 0.15) is 28.6 Å². The first-order valence-electron chi connectivity index (χ1n) is 5.09. The van der Waals surface area contributed by atoms with E-state index in [1.54, 1.807) is 12.1 Å². The van der Waals surface area contributed by atoms with E-state index in [1.807, 2.05) is 24.3 Å². The van der Waals surface area contributed by atoms with Crippen molar-refractivity contribution < 1.29 is 9.21 Å². The summed E-state index contributed by atoms with van der Waals surface area (Å²) in [4.78, 5) is 11.9. The van der Waals surface area contributed by atoms with Gasteiger partial charge in [-0.05, 0) is 40.0 Å². The number of benzene rings is 1. The Morgan fingerprint density at radius 3 is 2.38 bits per heavy atom. The lowest BCUT2D eigenvalue weighted by Gasteiger charge is -1.99. The van der Waals surface area contributed by atoms with Crippen molar-refractivity contribution >= 4 is 21.7 Å². The second kappa shape index (κ2) is 4.66. The number of carbonyl (C=O) groups is 1. The number of halogens is 1. The molecule has 0 unspecified atom stereocenters. The van der Waals surface area contributed by atoms with Crippen LogP contribution in [0, 0.1) is 0 Å². The van der Waals surface area contributed by atoms with Crippen LogP contribution in [0.4, 0.5) is 0 Å². The maximum absolute atomic E-state index is 11.9. The normalized spacial score (nSPS) is 10.4. The molecule has 0 fully saturated rings. The van der Waals surface area contributed by atoms with Crippen LogP contribution in [0.2, 0.25) is 0 Å². The predicted octanol–water partition coefficient (Wildman–Crippen LogP) is 3.84. The van der Waals surface area contributed by atoms with E-state index in [4.69, 9.17) is 4.42 Å². The molecule has 1 heterocycles. The quantitative estimate of drug-likeness (QED) is 0.799. The summed E-state index contributed by atoms with van der Waals surface area (Å²) in [5, 5.41) is 0. The van der Waals surface area contributed by atoms with Gasteiger partial charge in [-0.25, -0.2) is 0 Å². The summed E-state index contributed by atoms with van der Waals surface area (Å²) in [6.45, 7) is 2.08. The summed E-state index contributed by atoms with van der Waals surface area (Å²) in [7, 11) is 0. The maximum Gasteiger partial charge on any atom is 0.228 e. The zero-order valence-corrected chi connectivity index (χ0v) is 10.5. The van der Waals surface area contributed by atoms with Crippen LogP contribution < -0.4 is 0 Å². The first kappa shape index (κ1) is 11.1. The fourth-order valence-electron chi connectivity index (χ4n) is 1.47. The van der Waals surface area contributed by atoms with Gasteiger partial charge >= 0.3 is 0 Å². The minimum Gasteiger partial charge on any atom is -0.446 e. The van der Waals surface area contributed by atoms with Crippen LogP contribution in [0.25, 0.3) is 0 Å². The molecule has 1 aromatic heterocycles. The second-order valence-corrected chi connectivity index (χ2v) is 4.26. The molecule has 0 saturated carbocycles. The fraction of sp³-hybridized carbons (Fsp3) is 0.154. The molecule has 0 saturated heterocycles. The van der Waals surface area contributed by atoms with Crippen LogP contribution in [0.5, 0.6) is 0 Å². The summed E-state index contributed by atoms with van der Waals surface area (Å²) < 4.78 is 5.79. The Balaban J connectivity index is 2.27. The van der Waals surface area contributed by atoms with Gasteiger partial charge in [-0.3, -0.25) is 4.79 Å². The molecular weight excluding hydrogens is 268 g/mol. The highest BCUT2D eigenvalue weighted by molar-refractivity contribution is 9.10. The van der Waals surface area contributed by atoms with Gasteiger partial charge in [0.1, 0.15) is 0 Å². The highest BCUT2D eigenvalue weighted by Crippen LogP contribution is 2.17. The van der Waals surface area contributed by atoms with E-state index in [0.29, 0.717) is 16.0 Å². The average molecular weight is 279 g/mol. The molecule has 82 valence electrons. The third kappa shape index (κ3) is 2.25. The number of hydrogen-bond donors (Lipinski definition) is 0. The van der Waals surface area contributed by atoms with Crippen molar-refractivity contribution in [3.05, 3.63) is 58.0 Å². The molecule has 2 rings (SSSR count). The standard InChI is InChI=1S/C13H11BrO2/c1-2-9-3-5-10(6-4-9)13(15)11-7-8-12(14)16-11/h3-8H,2H2,1H3. The Kier molecular flexibility index (Phi) is 3.25. The summed E-state index contributed by atoms with van der Waals surface area (Å²) in [5.41, 5.74) is 1.87. The van der Waals surface area contributed by atoms with Gasteiger partial charge in [0.25, 0.3) is 0 Å². The van der Waals surface area contributed by atoms with Crippen molar-refractivity contribution in [2.75, 3.05) is 0 Å². The van der Waals surface area contributed by atoms with E-state index in [-0.39, 0.29) is 5.78 Å². The van der Waals surface area contributed by atoms with Crippen molar-refractivity contribution in [3.63, 3.8) is 0 Å². The van der Waals surface area contributed by atoms with Crippen LogP contribution in [-0.4, -0.2) is 5.78 Å². The predicted molar refractivity (Wildman–Crippen MR) is 65.7 cm³/mol. The smallest absolute Gasteiger partial charge is 0.228 e. The number of aryl methyl sites for hydroxylation is 1. The summed E-state index contributed by atoms with van der Waals surface area (Å²) >= 11 is 3.18. The average Bonchev–Trinajstić information content (AvgIpc) is 2.75. The monoisotopic (exact) mass is 278 g/mol. The number of furan rings is 1. The first-order valence-corrected chi connectivity index (χ1v) is 5.89. The molecule has 0 aliphatic rings. The van der Waals surface area contributed by atoms with E-state index in [0.717, 1.165) is 6.42 Å². The van der Waals surface area contributed by atoms with Crippen LogP contribution >= 0.6 is 15.9 Å². The van der Waals surface area contributed by atoms with Crippen LogP contribution in [0.3, 0.4) is 0 Å². The molecule has 2 nitrogen and oxygen atoms in total. The Labute approximate surface area is 102 Å². The lowest BCUT2D eigenvalue weighted by Crippen LogP contribution is -1.99. The summed E-state index contributed by atoms with van der Waals surface area (Å²) in [5.74, 6) is 0.268. The molecule has 3 heteroatoms. The zero-order chi connectivity index (χ0) is 11.5. The highest BCUT2D eigenvalue weighted by atomic mass is 79.9. The van der Waals surface area contributed by atoms with Gasteiger partial charge in [-0.1, -0.05) is 31.2 Å². The molecule has 0 amide bonds. The maximum atomic E-state index is 11.9. The van der Waals surface area contributed by atoms with Gasteiger partial charge in [0.2, 0.25) is 5.78 Å². The van der Waals surface area contributed by atoms with E-state index in [9.17, 15) is 4.79 Å². The number of hydrogen-bond acceptors (Lipinski definition) is 2. The lowest BCUT2D eigenvalue weighted by atomic mass is 10.1. The Bertz CT molecular complexity index is 497. The van der Waals surface area contributed by atoms with Crippen LogP contribution in [-0.2, 0) is 6.42 Å². The molecule has 2 aromatic rings. The fourth-order valence-corrected chi connectivity index (χ4v) is 1.78. The number of carbonyl (C=O) groups excluding carboxylic acids is 1. The Morgan fingerprint density at radius 2 is 1.88 bits per heavy atom. The molecule has 0 atom stereocenters. The third-order valence-electron chi connectivity index (χ3n) is 2.42. The van der Waals surface area contributed by atoms with Gasteiger partial charge in [-0.2, -0.15) is 0 Å². The molecule has 16 heavy (non-hydrogen) atoms. The molecule has 0 radical (unpaired) electrons. The van der Waals surface area contributed by atoms with Gasteiger partial charge < -0.3 is 4.42 Å². The van der Waals surface area contributed by atoms with E-state index in [2.05, 4.69) is 22.9 Å². The first-order chi connectivity index (χ1) is 7.70. The topological polar surface area (TPSA) is 30.2 Å². The van der Waals surface area contributed by atoms with E-state index in [1.165, 1.54) is 5.56 Å². The van der Waals surface area contributed by atoms with E-state index < -0.39 is 0 Å². The van der Waals surface area contributed by atoms with Crippen molar-refractivity contribution in [2.45, 2.75) is 13.3 Å². The Hall–Kier alpha value is -1.35. The van der Waals surface area contributed by atoms with Crippen molar-refractivity contribution in [1.29, 1.82) is 0 Å². The molecule has 0 bridgehead atoms. The highest BCUT2D eigenvalue weighted by Gasteiger charge is 2.12. The molecule has 1 aromatic carbocycles. The summed E-state index contributed by atoms with van der Waals surface area (Å²) in [6, 6.07) is 11.0. The van der Waals surface area contributed by atoms with Crippen molar-refractivity contribution in [2.24, 2.45) is 0 Å². The zero-order valence-electron chi connectivity index (χ0n) is 8.87. The largest absolute Gasteiger partial charge is 0.446 e. The molecular formula is C13H11BrO2. The molecule has 0 N–H and O–H groups in total. The minimum absolute atomic E-state index is 0.0895. The van der Waals surface area contributed by atoms with Gasteiger partial charge in [0.05, 0.1) is 0 Å². The van der Waals surface area contributed by atoms with Gasteiger partial charge in [-0.15, -0.1) is 0 Å². The number of rotatable bonds is 3. The van der Waals surface area contributed by atoms with Crippen LogP contribution in [0.15, 0.2) is 45.5 Å². The van der Waals surface area contributed by atoms with Gasteiger partial charge in [0.15, 0.2) is 10.4 Å². The molecule has 0 aliphatic carbocycles. The van der Waals surface area contributed by atoms with Crippen molar-refractivity contribution in [3.8, 4) is 0 Å². The SMILES string of the molecule is CCc1ccc(C(=O)c2ccc(Br)o2)cc1. The molecule has 0 aliphatic heterocycles. The van der Waals surface area contributed by atoms with E-state index >= 15 is 0 Å². The van der Waals surface area contributed by atoms with Crippen molar-refractivity contribution in [1.82, 2.24) is 0 Å². The lowest BCUT2D eigenvalue weighted by molar-refractivity contribution is 0.101. The second-order valence-electron chi connectivity index (χ2n) is 3.48.